The third-order valence-corrected chi connectivity index (χ3v) is 2.42. The highest BCUT2D eigenvalue weighted by molar-refractivity contribution is 5.86. The summed E-state index contributed by atoms with van der Waals surface area (Å²) in [5, 5.41) is 8.81. The molecule has 0 bridgehead atoms. The summed E-state index contributed by atoms with van der Waals surface area (Å²) in [5.41, 5.74) is 1.86. The summed E-state index contributed by atoms with van der Waals surface area (Å²) >= 11 is 0. The number of H-pyrrole nitrogens is 1. The van der Waals surface area contributed by atoms with E-state index in [2.05, 4.69) is 9.97 Å². The van der Waals surface area contributed by atoms with Gasteiger partial charge in [0.15, 0.2) is 0 Å². The number of carbonyl (C=O) groups is 1. The average molecular weight is 232 g/mol. The molecule has 0 atom stereocenters. The Morgan fingerprint density at radius 1 is 1.47 bits per heavy atom. The van der Waals surface area contributed by atoms with Crippen LogP contribution in [0.5, 0.6) is 5.75 Å². The number of aryl methyl sites for hydroxylation is 1. The molecule has 0 unspecified atom stereocenters. The van der Waals surface area contributed by atoms with Crippen LogP contribution in [0.1, 0.15) is 16.1 Å². The van der Waals surface area contributed by atoms with E-state index in [0.717, 1.165) is 11.1 Å². The largest absolute Gasteiger partial charge is 0.496 e. The van der Waals surface area contributed by atoms with Crippen LogP contribution < -0.4 is 4.74 Å². The number of imidazole rings is 1. The van der Waals surface area contributed by atoms with Crippen LogP contribution in [-0.4, -0.2) is 28.2 Å². The minimum atomic E-state index is -1.03. The molecule has 0 saturated heterocycles. The molecule has 2 rings (SSSR count). The molecule has 0 aliphatic heterocycles. The van der Waals surface area contributed by atoms with E-state index in [1.165, 1.54) is 6.20 Å². The Labute approximate surface area is 98.1 Å². The van der Waals surface area contributed by atoms with Gasteiger partial charge in [0.2, 0.25) is 0 Å². The quantitative estimate of drug-likeness (QED) is 0.849. The number of nitrogens with zero attached hydrogens (tertiary/aromatic N) is 1. The second-order valence-electron chi connectivity index (χ2n) is 3.65. The highest BCUT2D eigenvalue weighted by Crippen LogP contribution is 2.28. The van der Waals surface area contributed by atoms with E-state index in [0.29, 0.717) is 11.6 Å². The number of hydrogen-bond acceptors (Lipinski definition) is 3. The lowest BCUT2D eigenvalue weighted by Crippen LogP contribution is -1.96. The predicted octanol–water partition coefficient (Wildman–Crippen LogP) is 2.09. The lowest BCUT2D eigenvalue weighted by atomic mass is 10.1. The van der Waals surface area contributed by atoms with Crippen LogP contribution >= 0.6 is 0 Å². The van der Waals surface area contributed by atoms with Gasteiger partial charge < -0.3 is 14.8 Å². The number of carboxylic acid groups (broad SMARTS) is 1. The van der Waals surface area contributed by atoms with Gasteiger partial charge in [0, 0.05) is 0 Å². The number of carboxylic acids is 1. The molecular weight excluding hydrogens is 220 g/mol. The zero-order valence-corrected chi connectivity index (χ0v) is 9.52. The first-order chi connectivity index (χ1) is 8.11. The van der Waals surface area contributed by atoms with Crippen molar-refractivity contribution in [2.45, 2.75) is 6.92 Å². The highest BCUT2D eigenvalue weighted by Gasteiger charge is 2.12. The summed E-state index contributed by atoms with van der Waals surface area (Å²) in [6.07, 6.45) is 1.29. The standard InChI is InChI=1S/C12H12N2O3/c1-7-3-4-8(10(5-7)17-2)11-13-6-9(14-11)12(15)16/h3-6H,1-2H3,(H,13,14)(H,15,16). The first-order valence-electron chi connectivity index (χ1n) is 5.05. The number of benzene rings is 1. The second kappa shape index (κ2) is 4.29. The number of aromatic nitrogens is 2. The molecule has 0 aliphatic carbocycles. The molecule has 1 aromatic carbocycles. The zero-order valence-electron chi connectivity index (χ0n) is 9.52. The van der Waals surface area contributed by atoms with Crippen LogP contribution in [0, 0.1) is 6.92 Å². The maximum absolute atomic E-state index is 10.8. The van der Waals surface area contributed by atoms with E-state index in [1.807, 2.05) is 25.1 Å². The first-order valence-corrected chi connectivity index (χ1v) is 5.05. The summed E-state index contributed by atoms with van der Waals surface area (Å²) in [7, 11) is 1.57. The van der Waals surface area contributed by atoms with Crippen molar-refractivity contribution < 1.29 is 14.6 Å². The Hall–Kier alpha value is -2.30. The summed E-state index contributed by atoms with van der Waals surface area (Å²) in [6.45, 7) is 1.96. The van der Waals surface area contributed by atoms with E-state index in [-0.39, 0.29) is 5.69 Å². The van der Waals surface area contributed by atoms with E-state index < -0.39 is 5.97 Å². The van der Waals surface area contributed by atoms with Gasteiger partial charge in [0.05, 0.1) is 18.9 Å². The van der Waals surface area contributed by atoms with E-state index in [1.54, 1.807) is 7.11 Å². The number of rotatable bonds is 3. The third kappa shape index (κ3) is 2.13. The van der Waals surface area contributed by atoms with Gasteiger partial charge in [0.1, 0.15) is 17.3 Å². The molecule has 1 heterocycles. The van der Waals surface area contributed by atoms with Crippen molar-refractivity contribution in [3.8, 4) is 17.1 Å². The van der Waals surface area contributed by atoms with Crippen molar-refractivity contribution in [1.29, 1.82) is 0 Å². The Bertz CT molecular complexity index is 561. The smallest absolute Gasteiger partial charge is 0.353 e. The van der Waals surface area contributed by atoms with E-state index >= 15 is 0 Å². The highest BCUT2D eigenvalue weighted by atomic mass is 16.5. The number of nitrogens with one attached hydrogen (secondary N) is 1. The molecule has 0 spiro atoms. The van der Waals surface area contributed by atoms with Crippen molar-refractivity contribution in [2.75, 3.05) is 7.11 Å². The van der Waals surface area contributed by atoms with Gasteiger partial charge in [-0.15, -0.1) is 0 Å². The summed E-state index contributed by atoms with van der Waals surface area (Å²) in [6, 6.07) is 5.64. The lowest BCUT2D eigenvalue weighted by molar-refractivity contribution is 0.0691. The van der Waals surface area contributed by atoms with Gasteiger partial charge in [-0.25, -0.2) is 9.78 Å². The molecule has 2 aromatic rings. The van der Waals surface area contributed by atoms with Crippen molar-refractivity contribution in [1.82, 2.24) is 9.97 Å². The van der Waals surface area contributed by atoms with Crippen LogP contribution in [0.15, 0.2) is 24.4 Å². The van der Waals surface area contributed by atoms with Crippen molar-refractivity contribution >= 4 is 5.97 Å². The minimum Gasteiger partial charge on any atom is -0.496 e. The second-order valence-corrected chi connectivity index (χ2v) is 3.65. The molecule has 1 aromatic heterocycles. The number of aromatic amines is 1. The van der Waals surface area contributed by atoms with Crippen LogP contribution in [0.25, 0.3) is 11.4 Å². The van der Waals surface area contributed by atoms with Crippen molar-refractivity contribution in [3.63, 3.8) is 0 Å². The minimum absolute atomic E-state index is 0.0580. The van der Waals surface area contributed by atoms with Gasteiger partial charge in [-0.1, -0.05) is 6.07 Å². The molecule has 5 nitrogen and oxygen atoms in total. The van der Waals surface area contributed by atoms with Crippen LogP contribution in [0.2, 0.25) is 0 Å². The van der Waals surface area contributed by atoms with Gasteiger partial charge in [-0.2, -0.15) is 0 Å². The van der Waals surface area contributed by atoms with Gasteiger partial charge >= 0.3 is 5.97 Å². The predicted molar refractivity (Wildman–Crippen MR) is 62.3 cm³/mol. The van der Waals surface area contributed by atoms with Crippen molar-refractivity contribution in [3.05, 3.63) is 35.7 Å². The molecular formula is C12H12N2O3. The summed E-state index contributed by atoms with van der Waals surface area (Å²) in [4.78, 5) is 17.5. The Morgan fingerprint density at radius 3 is 2.82 bits per heavy atom. The normalized spacial score (nSPS) is 10.2. The molecule has 0 aliphatic rings. The molecule has 17 heavy (non-hydrogen) atoms. The van der Waals surface area contributed by atoms with Crippen LogP contribution in [0.3, 0.4) is 0 Å². The van der Waals surface area contributed by atoms with Gasteiger partial charge in [-0.05, 0) is 24.6 Å². The fraction of sp³-hybridized carbons (Fsp3) is 0.167. The topological polar surface area (TPSA) is 75.2 Å². The van der Waals surface area contributed by atoms with Gasteiger partial charge in [-0.3, -0.25) is 0 Å². The molecule has 0 radical (unpaired) electrons. The summed E-state index contributed by atoms with van der Waals surface area (Å²) < 4.78 is 5.24. The zero-order chi connectivity index (χ0) is 12.4. The van der Waals surface area contributed by atoms with E-state index in [9.17, 15) is 4.79 Å². The first kappa shape index (κ1) is 11.2. The fourth-order valence-corrected chi connectivity index (χ4v) is 1.56. The Morgan fingerprint density at radius 2 is 2.24 bits per heavy atom. The molecule has 88 valence electrons. The maximum atomic E-state index is 10.8. The molecule has 5 heteroatoms. The molecule has 0 amide bonds. The van der Waals surface area contributed by atoms with Crippen LogP contribution in [-0.2, 0) is 0 Å². The Balaban J connectivity index is 2.48. The lowest BCUT2D eigenvalue weighted by Gasteiger charge is -2.06. The summed E-state index contributed by atoms with van der Waals surface area (Å²) in [5.74, 6) is 0.116. The molecule has 0 saturated carbocycles. The number of hydrogen-bond donors (Lipinski definition) is 2. The third-order valence-electron chi connectivity index (χ3n) is 2.42. The molecule has 0 fully saturated rings. The average Bonchev–Trinajstić information content (AvgIpc) is 2.78. The fourth-order valence-electron chi connectivity index (χ4n) is 1.56. The monoisotopic (exact) mass is 232 g/mol. The van der Waals surface area contributed by atoms with E-state index in [4.69, 9.17) is 9.84 Å². The number of methoxy groups -OCH3 is 1. The maximum Gasteiger partial charge on any atom is 0.353 e. The SMILES string of the molecule is COc1cc(C)ccc1-c1ncc(C(=O)O)[nH]1. The van der Waals surface area contributed by atoms with Crippen molar-refractivity contribution in [2.24, 2.45) is 0 Å². The number of aromatic carboxylic acids is 1. The number of ether oxygens (including phenoxy) is 1. The molecule has 2 N–H and O–H groups in total. The van der Waals surface area contributed by atoms with Gasteiger partial charge in [0.25, 0.3) is 0 Å². The van der Waals surface area contributed by atoms with Crippen LogP contribution in [0.4, 0.5) is 0 Å². The Kier molecular flexibility index (Phi) is 2.82.